The summed E-state index contributed by atoms with van der Waals surface area (Å²) >= 11 is 0. The summed E-state index contributed by atoms with van der Waals surface area (Å²) < 4.78 is 10.6. The van der Waals surface area contributed by atoms with Gasteiger partial charge in [-0.05, 0) is 54.2 Å². The predicted octanol–water partition coefficient (Wildman–Crippen LogP) is 4.42. The number of carbonyl (C=O) groups excluding carboxylic acids is 1. The standard InChI is InChI=1S/C21H25NO3/c1-14(2)15-7-9-18-16(12-15)6-5-11-22(18)21(23)17-8-10-19(24-3)20(13-17)25-4/h7-10,12-14H,5-6,11H2,1-4H3. The van der Waals surface area contributed by atoms with Crippen LogP contribution in [0.2, 0.25) is 0 Å². The first-order valence-electron chi connectivity index (χ1n) is 8.72. The molecule has 0 radical (unpaired) electrons. The second-order valence-electron chi connectivity index (χ2n) is 6.67. The molecule has 25 heavy (non-hydrogen) atoms. The zero-order valence-corrected chi connectivity index (χ0v) is 15.3. The third-order valence-electron chi connectivity index (χ3n) is 4.76. The van der Waals surface area contributed by atoms with Gasteiger partial charge in [0.15, 0.2) is 11.5 Å². The molecule has 4 heteroatoms. The van der Waals surface area contributed by atoms with E-state index in [1.165, 1.54) is 11.1 Å². The average molecular weight is 339 g/mol. The van der Waals surface area contributed by atoms with Crippen LogP contribution in [0.1, 0.15) is 47.7 Å². The summed E-state index contributed by atoms with van der Waals surface area (Å²) in [6, 6.07) is 11.8. The zero-order valence-electron chi connectivity index (χ0n) is 15.3. The van der Waals surface area contributed by atoms with Crippen LogP contribution in [0.3, 0.4) is 0 Å². The van der Waals surface area contributed by atoms with Crippen LogP contribution >= 0.6 is 0 Å². The van der Waals surface area contributed by atoms with E-state index in [0.29, 0.717) is 23.0 Å². The fraction of sp³-hybridized carbons (Fsp3) is 0.381. The molecule has 3 rings (SSSR count). The van der Waals surface area contributed by atoms with Crippen molar-refractivity contribution in [1.82, 2.24) is 0 Å². The van der Waals surface area contributed by atoms with Gasteiger partial charge in [0.05, 0.1) is 14.2 Å². The Morgan fingerprint density at radius 2 is 1.80 bits per heavy atom. The monoisotopic (exact) mass is 339 g/mol. The van der Waals surface area contributed by atoms with Crippen molar-refractivity contribution >= 4 is 11.6 Å². The molecule has 0 fully saturated rings. The van der Waals surface area contributed by atoms with Crippen molar-refractivity contribution in [2.75, 3.05) is 25.7 Å². The zero-order chi connectivity index (χ0) is 18.0. The fourth-order valence-electron chi connectivity index (χ4n) is 3.31. The summed E-state index contributed by atoms with van der Waals surface area (Å²) in [5.41, 5.74) is 4.21. The van der Waals surface area contributed by atoms with Crippen LogP contribution in [0.4, 0.5) is 5.69 Å². The van der Waals surface area contributed by atoms with Gasteiger partial charge < -0.3 is 14.4 Å². The minimum atomic E-state index is -0.000741. The number of amides is 1. The first-order valence-corrected chi connectivity index (χ1v) is 8.72. The molecule has 0 aromatic heterocycles. The molecule has 1 aliphatic heterocycles. The molecule has 2 aromatic rings. The van der Waals surface area contributed by atoms with Crippen LogP contribution in [0.25, 0.3) is 0 Å². The molecular formula is C21H25NO3. The maximum atomic E-state index is 13.1. The van der Waals surface area contributed by atoms with Crippen LogP contribution in [0, 0.1) is 0 Å². The Hall–Kier alpha value is -2.49. The van der Waals surface area contributed by atoms with E-state index >= 15 is 0 Å². The lowest BCUT2D eigenvalue weighted by atomic mass is 9.94. The number of carbonyl (C=O) groups is 1. The van der Waals surface area contributed by atoms with Gasteiger partial charge in [0, 0.05) is 17.8 Å². The Bertz CT molecular complexity index is 783. The molecule has 0 saturated carbocycles. The summed E-state index contributed by atoms with van der Waals surface area (Å²) in [6.07, 6.45) is 2.00. The molecule has 0 N–H and O–H groups in total. The van der Waals surface area contributed by atoms with Gasteiger partial charge in [0.25, 0.3) is 5.91 Å². The molecule has 132 valence electrons. The van der Waals surface area contributed by atoms with E-state index in [1.54, 1.807) is 32.4 Å². The number of hydrogen-bond acceptors (Lipinski definition) is 3. The Kier molecular flexibility index (Phi) is 4.98. The van der Waals surface area contributed by atoms with Crippen molar-refractivity contribution in [3.8, 4) is 11.5 Å². The van der Waals surface area contributed by atoms with Crippen molar-refractivity contribution in [2.24, 2.45) is 0 Å². The topological polar surface area (TPSA) is 38.8 Å². The SMILES string of the molecule is COc1ccc(C(=O)N2CCCc3cc(C(C)C)ccc32)cc1OC. The first kappa shape index (κ1) is 17.3. The summed E-state index contributed by atoms with van der Waals surface area (Å²) in [7, 11) is 3.17. The molecule has 1 aliphatic rings. The average Bonchev–Trinajstić information content (AvgIpc) is 2.65. The second-order valence-corrected chi connectivity index (χ2v) is 6.67. The second kappa shape index (κ2) is 7.18. The lowest BCUT2D eigenvalue weighted by Gasteiger charge is -2.30. The van der Waals surface area contributed by atoms with Crippen LogP contribution in [0.15, 0.2) is 36.4 Å². The number of nitrogens with zero attached hydrogens (tertiary/aromatic N) is 1. The van der Waals surface area contributed by atoms with Crippen LogP contribution in [-0.2, 0) is 6.42 Å². The normalized spacial score (nSPS) is 13.6. The van der Waals surface area contributed by atoms with Crippen molar-refractivity contribution in [2.45, 2.75) is 32.6 Å². The Labute approximate surface area is 149 Å². The van der Waals surface area contributed by atoms with Crippen molar-refractivity contribution < 1.29 is 14.3 Å². The highest BCUT2D eigenvalue weighted by molar-refractivity contribution is 6.07. The summed E-state index contributed by atoms with van der Waals surface area (Å²) in [5, 5.41) is 0. The number of fused-ring (bicyclic) bond motifs is 1. The van der Waals surface area contributed by atoms with Gasteiger partial charge in [-0.2, -0.15) is 0 Å². The molecule has 0 aliphatic carbocycles. The smallest absolute Gasteiger partial charge is 0.258 e. The predicted molar refractivity (Wildman–Crippen MR) is 100 cm³/mol. The summed E-state index contributed by atoms with van der Waals surface area (Å²) in [6.45, 7) is 5.12. The van der Waals surface area contributed by atoms with E-state index in [9.17, 15) is 4.79 Å². The first-order chi connectivity index (χ1) is 12.0. The third kappa shape index (κ3) is 3.34. The van der Waals surface area contributed by atoms with E-state index in [0.717, 1.165) is 25.1 Å². The minimum absolute atomic E-state index is 0.000741. The van der Waals surface area contributed by atoms with Gasteiger partial charge in [-0.1, -0.05) is 26.0 Å². The molecule has 4 nitrogen and oxygen atoms in total. The summed E-state index contributed by atoms with van der Waals surface area (Å²) in [4.78, 5) is 15.0. The molecule has 2 aromatic carbocycles. The molecule has 0 saturated heterocycles. The van der Waals surface area contributed by atoms with E-state index in [4.69, 9.17) is 9.47 Å². The lowest BCUT2D eigenvalue weighted by molar-refractivity contribution is 0.0984. The lowest BCUT2D eigenvalue weighted by Crippen LogP contribution is -2.35. The van der Waals surface area contributed by atoms with Crippen LogP contribution in [0.5, 0.6) is 11.5 Å². The van der Waals surface area contributed by atoms with E-state index in [2.05, 4.69) is 32.0 Å². The van der Waals surface area contributed by atoms with Gasteiger partial charge in [-0.25, -0.2) is 0 Å². The van der Waals surface area contributed by atoms with E-state index in [1.807, 2.05) is 4.90 Å². The molecule has 1 amide bonds. The number of aryl methyl sites for hydroxylation is 1. The number of hydrogen-bond donors (Lipinski definition) is 0. The van der Waals surface area contributed by atoms with E-state index < -0.39 is 0 Å². The maximum Gasteiger partial charge on any atom is 0.258 e. The number of methoxy groups -OCH3 is 2. The highest BCUT2D eigenvalue weighted by atomic mass is 16.5. The molecular weight excluding hydrogens is 314 g/mol. The highest BCUT2D eigenvalue weighted by Gasteiger charge is 2.24. The van der Waals surface area contributed by atoms with E-state index in [-0.39, 0.29) is 5.91 Å². The van der Waals surface area contributed by atoms with Crippen LogP contribution in [-0.4, -0.2) is 26.7 Å². The van der Waals surface area contributed by atoms with Crippen molar-refractivity contribution in [1.29, 1.82) is 0 Å². The Balaban J connectivity index is 1.94. The minimum Gasteiger partial charge on any atom is -0.493 e. The third-order valence-corrected chi connectivity index (χ3v) is 4.76. The molecule has 0 atom stereocenters. The van der Waals surface area contributed by atoms with Crippen molar-refractivity contribution in [3.63, 3.8) is 0 Å². The number of benzene rings is 2. The number of rotatable bonds is 4. The van der Waals surface area contributed by atoms with Gasteiger partial charge in [-0.15, -0.1) is 0 Å². The van der Waals surface area contributed by atoms with Crippen molar-refractivity contribution in [3.05, 3.63) is 53.1 Å². The van der Waals surface area contributed by atoms with Gasteiger partial charge in [0.2, 0.25) is 0 Å². The van der Waals surface area contributed by atoms with Crippen LogP contribution < -0.4 is 14.4 Å². The summed E-state index contributed by atoms with van der Waals surface area (Å²) in [5.74, 6) is 1.68. The Morgan fingerprint density at radius 1 is 1.04 bits per heavy atom. The molecule has 0 unspecified atom stereocenters. The largest absolute Gasteiger partial charge is 0.493 e. The molecule has 0 spiro atoms. The number of ether oxygens (including phenoxy) is 2. The maximum absolute atomic E-state index is 13.1. The van der Waals surface area contributed by atoms with Gasteiger partial charge in [0.1, 0.15) is 0 Å². The fourth-order valence-corrected chi connectivity index (χ4v) is 3.31. The molecule has 0 bridgehead atoms. The Morgan fingerprint density at radius 3 is 2.48 bits per heavy atom. The quantitative estimate of drug-likeness (QED) is 0.828. The number of anilines is 1. The van der Waals surface area contributed by atoms with Gasteiger partial charge in [-0.3, -0.25) is 4.79 Å². The van der Waals surface area contributed by atoms with Gasteiger partial charge >= 0.3 is 0 Å². The highest BCUT2D eigenvalue weighted by Crippen LogP contribution is 2.33. The molecule has 1 heterocycles.